The summed E-state index contributed by atoms with van der Waals surface area (Å²) < 4.78 is 26.8. The minimum atomic E-state index is -4.76. The Balaban J connectivity index is 3.89. The van der Waals surface area contributed by atoms with Crippen LogP contribution < -0.4 is 5.32 Å². The number of unbranched alkanes of at least 4 members (excludes halogenated alkanes) is 25. The highest BCUT2D eigenvalue weighted by Crippen LogP contribution is 2.43. The number of phosphoric acid groups is 1. The standard InChI is InChI=1S/C45H84NO10P/c1-3-5-7-9-11-13-15-17-19-21-23-25-27-29-31-33-35-37-44(49)54-38-41(47)39-55-57(52,53)56-40-42(45(50)51)46-43(48)36-34-32-30-28-26-24-22-20-18-16-14-12-10-8-6-4-2/h17,19-20,22,41-42,47H,3-16,18,21,23-40H2,1-2H3,(H,46,48)(H,50,51)(H,52,53)/b19-17-,22-20-. The van der Waals surface area contributed by atoms with Gasteiger partial charge in [-0.2, -0.15) is 0 Å². The van der Waals surface area contributed by atoms with Crippen LogP contribution in [0.15, 0.2) is 24.3 Å². The lowest BCUT2D eigenvalue weighted by Gasteiger charge is -2.18. The molecule has 0 aliphatic heterocycles. The number of aliphatic hydroxyl groups excluding tert-OH is 1. The summed E-state index contributed by atoms with van der Waals surface area (Å²) in [6.45, 7) is 2.59. The number of hydrogen-bond donors (Lipinski definition) is 4. The van der Waals surface area contributed by atoms with Crippen molar-refractivity contribution in [3.05, 3.63) is 24.3 Å². The van der Waals surface area contributed by atoms with Crippen LogP contribution in [0.1, 0.15) is 213 Å². The number of amides is 1. The summed E-state index contributed by atoms with van der Waals surface area (Å²) in [4.78, 5) is 45.9. The highest BCUT2D eigenvalue weighted by atomic mass is 31.2. The number of carbonyl (C=O) groups is 3. The first-order chi connectivity index (χ1) is 27.6. The van der Waals surface area contributed by atoms with Crippen LogP contribution in [0.4, 0.5) is 0 Å². The van der Waals surface area contributed by atoms with Crippen molar-refractivity contribution in [1.82, 2.24) is 5.32 Å². The third-order valence-corrected chi connectivity index (χ3v) is 10.9. The van der Waals surface area contributed by atoms with Crippen molar-refractivity contribution in [2.75, 3.05) is 19.8 Å². The minimum absolute atomic E-state index is 0.137. The Morgan fingerprint density at radius 3 is 1.33 bits per heavy atom. The van der Waals surface area contributed by atoms with Crippen molar-refractivity contribution >= 4 is 25.7 Å². The number of hydrogen-bond acceptors (Lipinski definition) is 8. The number of phosphoric ester groups is 1. The maximum Gasteiger partial charge on any atom is 0.472 e. The zero-order valence-corrected chi connectivity index (χ0v) is 37.0. The molecule has 0 radical (unpaired) electrons. The number of carbonyl (C=O) groups excluding carboxylic acids is 2. The maximum absolute atomic E-state index is 12.3. The van der Waals surface area contributed by atoms with Crippen LogP contribution in [0, 0.1) is 0 Å². The molecule has 0 spiro atoms. The predicted molar refractivity (Wildman–Crippen MR) is 231 cm³/mol. The van der Waals surface area contributed by atoms with E-state index in [1.807, 2.05) is 0 Å². The molecule has 0 bridgehead atoms. The molecule has 0 fully saturated rings. The molecule has 11 nitrogen and oxygen atoms in total. The van der Waals surface area contributed by atoms with Crippen LogP contribution >= 0.6 is 7.82 Å². The SMILES string of the molecule is CCCCCCCC/C=C\CCCCCCCCCC(=O)OCC(O)COP(=O)(O)OCC(NC(=O)CCCCCCC/C=C\CCCCCCCCC)C(=O)O. The van der Waals surface area contributed by atoms with Gasteiger partial charge in [-0.1, -0.05) is 160 Å². The average Bonchev–Trinajstić information content (AvgIpc) is 3.18. The largest absolute Gasteiger partial charge is 0.480 e. The quantitative estimate of drug-likeness (QED) is 0.0201. The van der Waals surface area contributed by atoms with E-state index in [4.69, 9.17) is 13.8 Å². The van der Waals surface area contributed by atoms with E-state index in [-0.39, 0.29) is 12.8 Å². The molecule has 3 unspecified atom stereocenters. The Labute approximate surface area is 347 Å². The summed E-state index contributed by atoms with van der Waals surface area (Å²) in [6, 6.07) is -1.55. The zero-order chi connectivity index (χ0) is 42.1. The Bertz CT molecular complexity index is 1070. The molecule has 0 aromatic heterocycles. The van der Waals surface area contributed by atoms with E-state index in [0.29, 0.717) is 12.8 Å². The molecule has 334 valence electrons. The minimum Gasteiger partial charge on any atom is -0.480 e. The molecule has 57 heavy (non-hydrogen) atoms. The molecule has 0 heterocycles. The summed E-state index contributed by atoms with van der Waals surface area (Å²) in [6.07, 6.45) is 42.0. The molecule has 12 heteroatoms. The van der Waals surface area contributed by atoms with E-state index >= 15 is 0 Å². The van der Waals surface area contributed by atoms with E-state index in [0.717, 1.165) is 64.2 Å². The highest BCUT2D eigenvalue weighted by molar-refractivity contribution is 7.47. The number of ether oxygens (including phenoxy) is 1. The van der Waals surface area contributed by atoms with Crippen molar-refractivity contribution in [2.24, 2.45) is 0 Å². The third-order valence-electron chi connectivity index (χ3n) is 9.96. The molecule has 0 aromatic carbocycles. The van der Waals surface area contributed by atoms with Crippen molar-refractivity contribution in [3.8, 4) is 0 Å². The number of aliphatic hydroxyl groups is 1. The van der Waals surface area contributed by atoms with Gasteiger partial charge in [0, 0.05) is 12.8 Å². The number of nitrogens with one attached hydrogen (secondary N) is 1. The fraction of sp³-hybridized carbons (Fsp3) is 0.844. The summed E-state index contributed by atoms with van der Waals surface area (Å²) in [7, 11) is -4.76. The monoisotopic (exact) mass is 830 g/mol. The van der Waals surface area contributed by atoms with Crippen molar-refractivity contribution in [2.45, 2.75) is 225 Å². The Hall–Kier alpha value is -2.04. The van der Waals surface area contributed by atoms with Gasteiger partial charge in [-0.05, 0) is 64.2 Å². The summed E-state index contributed by atoms with van der Waals surface area (Å²) >= 11 is 0. The van der Waals surface area contributed by atoms with Crippen molar-refractivity contribution in [1.29, 1.82) is 0 Å². The number of aliphatic carboxylic acids is 1. The molecular weight excluding hydrogens is 745 g/mol. The Morgan fingerprint density at radius 1 is 0.544 bits per heavy atom. The smallest absolute Gasteiger partial charge is 0.472 e. The molecule has 0 saturated heterocycles. The molecule has 3 atom stereocenters. The van der Waals surface area contributed by atoms with Crippen LogP contribution in [0.5, 0.6) is 0 Å². The second-order valence-corrected chi connectivity index (χ2v) is 17.0. The van der Waals surface area contributed by atoms with Gasteiger partial charge in [-0.15, -0.1) is 0 Å². The van der Waals surface area contributed by atoms with Gasteiger partial charge in [0.25, 0.3) is 0 Å². The fourth-order valence-corrected chi connectivity index (χ4v) is 7.14. The number of carboxylic acids is 1. The molecule has 4 N–H and O–H groups in total. The third kappa shape index (κ3) is 40.5. The Morgan fingerprint density at radius 2 is 0.912 bits per heavy atom. The summed E-state index contributed by atoms with van der Waals surface area (Å²) in [5.41, 5.74) is 0. The van der Waals surface area contributed by atoms with Gasteiger partial charge in [0.15, 0.2) is 6.04 Å². The van der Waals surface area contributed by atoms with Crippen molar-refractivity contribution in [3.63, 3.8) is 0 Å². The molecule has 0 aliphatic rings. The van der Waals surface area contributed by atoms with E-state index in [1.165, 1.54) is 109 Å². The molecule has 0 saturated carbocycles. The fourth-order valence-electron chi connectivity index (χ4n) is 6.36. The van der Waals surface area contributed by atoms with E-state index in [9.17, 15) is 34.1 Å². The van der Waals surface area contributed by atoms with Gasteiger partial charge in [0.05, 0.1) is 13.2 Å². The van der Waals surface area contributed by atoms with Gasteiger partial charge in [0.1, 0.15) is 12.7 Å². The molecular formula is C45H84NO10P. The van der Waals surface area contributed by atoms with Crippen LogP contribution in [-0.4, -0.2) is 64.9 Å². The predicted octanol–water partition coefficient (Wildman–Crippen LogP) is 11.8. The number of carboxylic acid groups (broad SMARTS) is 1. The molecule has 0 aliphatic carbocycles. The number of esters is 1. The average molecular weight is 830 g/mol. The molecule has 0 rings (SSSR count). The normalized spacial score (nSPS) is 13.9. The van der Waals surface area contributed by atoms with Crippen LogP contribution in [-0.2, 0) is 32.7 Å². The lowest BCUT2D eigenvalue weighted by Crippen LogP contribution is -2.43. The maximum atomic E-state index is 12.3. The van der Waals surface area contributed by atoms with E-state index < -0.39 is 57.6 Å². The van der Waals surface area contributed by atoms with Gasteiger partial charge in [-0.25, -0.2) is 9.36 Å². The second kappa shape index (κ2) is 40.7. The van der Waals surface area contributed by atoms with E-state index in [2.05, 4.69) is 43.5 Å². The second-order valence-electron chi connectivity index (χ2n) is 15.6. The first-order valence-corrected chi connectivity index (χ1v) is 24.4. The van der Waals surface area contributed by atoms with Gasteiger partial charge in [0.2, 0.25) is 5.91 Å². The van der Waals surface area contributed by atoms with Gasteiger partial charge >= 0.3 is 19.8 Å². The number of rotatable bonds is 43. The molecule has 0 aromatic rings. The first-order valence-electron chi connectivity index (χ1n) is 22.9. The lowest BCUT2D eigenvalue weighted by atomic mass is 10.1. The highest BCUT2D eigenvalue weighted by Gasteiger charge is 2.28. The lowest BCUT2D eigenvalue weighted by molar-refractivity contribution is -0.147. The van der Waals surface area contributed by atoms with Crippen LogP contribution in [0.2, 0.25) is 0 Å². The van der Waals surface area contributed by atoms with E-state index in [1.54, 1.807) is 0 Å². The first kappa shape index (κ1) is 55.0. The summed E-state index contributed by atoms with van der Waals surface area (Å²) in [5.74, 6) is -2.38. The van der Waals surface area contributed by atoms with Crippen LogP contribution in [0.3, 0.4) is 0 Å². The van der Waals surface area contributed by atoms with Gasteiger partial charge < -0.3 is 25.2 Å². The number of allylic oxidation sites excluding steroid dienone is 4. The zero-order valence-electron chi connectivity index (χ0n) is 36.2. The van der Waals surface area contributed by atoms with Crippen LogP contribution in [0.25, 0.3) is 0 Å². The molecule has 1 amide bonds. The van der Waals surface area contributed by atoms with Gasteiger partial charge in [-0.3, -0.25) is 18.6 Å². The Kier molecular flexibility index (Phi) is 39.3. The topological polar surface area (TPSA) is 169 Å². The van der Waals surface area contributed by atoms with Crippen molar-refractivity contribution < 1.29 is 47.8 Å². The summed E-state index contributed by atoms with van der Waals surface area (Å²) in [5, 5.41) is 21.8.